The van der Waals surface area contributed by atoms with Crippen molar-refractivity contribution in [2.75, 3.05) is 6.54 Å². The summed E-state index contributed by atoms with van der Waals surface area (Å²) in [5.41, 5.74) is 10.5. The van der Waals surface area contributed by atoms with Crippen LogP contribution in [0.2, 0.25) is 0 Å². The molecule has 5 nitrogen and oxygen atoms in total. The zero-order chi connectivity index (χ0) is 15.9. The Kier molecular flexibility index (Phi) is 13.1. The van der Waals surface area contributed by atoms with E-state index < -0.39 is 11.9 Å². The molecule has 0 aliphatic rings. The van der Waals surface area contributed by atoms with Gasteiger partial charge in [-0.1, -0.05) is 64.7 Å². The van der Waals surface area contributed by atoms with Gasteiger partial charge in [0.15, 0.2) is 0 Å². The maximum atomic E-state index is 11.5. The molecule has 2 amide bonds. The van der Waals surface area contributed by atoms with Crippen LogP contribution in [0, 0.1) is 0 Å². The van der Waals surface area contributed by atoms with Gasteiger partial charge in [0.25, 0.3) is 0 Å². The number of nitrogens with one attached hydrogen (secondary N) is 1. The van der Waals surface area contributed by atoms with Gasteiger partial charge in [0, 0.05) is 6.54 Å². The first-order chi connectivity index (χ1) is 10.1. The van der Waals surface area contributed by atoms with Crippen molar-refractivity contribution in [2.24, 2.45) is 11.5 Å². The van der Waals surface area contributed by atoms with Crippen LogP contribution in [-0.4, -0.2) is 24.4 Å². The van der Waals surface area contributed by atoms with Crippen LogP contribution in [0.3, 0.4) is 0 Å². The second kappa shape index (κ2) is 13.9. The summed E-state index contributed by atoms with van der Waals surface area (Å²) >= 11 is 0. The summed E-state index contributed by atoms with van der Waals surface area (Å²) in [6.07, 6.45) is 12.5. The summed E-state index contributed by atoms with van der Waals surface area (Å²) in [5, 5.41) is 2.74. The Bertz CT molecular complexity index is 283. The van der Waals surface area contributed by atoms with Crippen molar-refractivity contribution < 1.29 is 9.59 Å². The van der Waals surface area contributed by atoms with E-state index in [1.54, 1.807) is 0 Å². The molecule has 0 aliphatic heterocycles. The number of hydrogen-bond acceptors (Lipinski definition) is 3. The third-order valence-corrected chi connectivity index (χ3v) is 3.59. The highest BCUT2D eigenvalue weighted by molar-refractivity contribution is 5.87. The van der Waals surface area contributed by atoms with Crippen LogP contribution < -0.4 is 16.8 Å². The minimum absolute atomic E-state index is 0.0934. The van der Waals surface area contributed by atoms with Crippen molar-refractivity contribution >= 4 is 11.8 Å². The monoisotopic (exact) mass is 299 g/mol. The van der Waals surface area contributed by atoms with E-state index in [1.165, 1.54) is 51.4 Å². The molecule has 0 aromatic heterocycles. The lowest BCUT2D eigenvalue weighted by molar-refractivity contribution is -0.126. The third kappa shape index (κ3) is 13.6. The quantitative estimate of drug-likeness (QED) is 0.429. The van der Waals surface area contributed by atoms with Crippen molar-refractivity contribution in [2.45, 2.75) is 83.6 Å². The Balaban J connectivity index is 3.28. The van der Waals surface area contributed by atoms with Crippen molar-refractivity contribution in [3.63, 3.8) is 0 Å². The van der Waals surface area contributed by atoms with Gasteiger partial charge in [-0.2, -0.15) is 0 Å². The highest BCUT2D eigenvalue weighted by Crippen LogP contribution is 2.10. The Morgan fingerprint density at radius 3 is 1.86 bits per heavy atom. The van der Waals surface area contributed by atoms with Crippen LogP contribution in [0.25, 0.3) is 0 Å². The van der Waals surface area contributed by atoms with E-state index in [0.29, 0.717) is 6.54 Å². The summed E-state index contributed by atoms with van der Waals surface area (Å²) in [6, 6.07) is -0.814. The van der Waals surface area contributed by atoms with Crippen LogP contribution in [0.1, 0.15) is 77.6 Å². The molecule has 0 saturated heterocycles. The van der Waals surface area contributed by atoms with Crippen LogP contribution >= 0.6 is 0 Å². The summed E-state index contributed by atoms with van der Waals surface area (Å²) < 4.78 is 0. The average molecular weight is 299 g/mol. The fourth-order valence-corrected chi connectivity index (χ4v) is 2.26. The third-order valence-electron chi connectivity index (χ3n) is 3.59. The van der Waals surface area contributed by atoms with Crippen molar-refractivity contribution in [3.8, 4) is 0 Å². The van der Waals surface area contributed by atoms with Gasteiger partial charge in [0.1, 0.15) is 0 Å². The Morgan fingerprint density at radius 1 is 0.905 bits per heavy atom. The van der Waals surface area contributed by atoms with E-state index in [9.17, 15) is 9.59 Å². The fourth-order valence-electron chi connectivity index (χ4n) is 2.26. The minimum atomic E-state index is -0.814. The average Bonchev–Trinajstić information content (AvgIpc) is 2.43. The van der Waals surface area contributed by atoms with E-state index in [0.717, 1.165) is 12.8 Å². The highest BCUT2D eigenvalue weighted by atomic mass is 16.2. The van der Waals surface area contributed by atoms with Crippen LogP contribution in [0.4, 0.5) is 0 Å². The maximum absolute atomic E-state index is 11.5. The Labute approximate surface area is 129 Å². The lowest BCUT2D eigenvalue weighted by Crippen LogP contribution is -2.43. The molecular weight excluding hydrogens is 266 g/mol. The van der Waals surface area contributed by atoms with Gasteiger partial charge in [0.05, 0.1) is 12.5 Å². The summed E-state index contributed by atoms with van der Waals surface area (Å²) in [5.74, 6) is -0.832. The standard InChI is InChI=1S/C16H33N3O2/c1-2-3-4-5-6-7-8-9-10-11-12-19-16(21)14(17)13-15(18)20/h14H,2-13,17H2,1H3,(H2,18,20)(H,19,21)/t14-/m1/s1. The largest absolute Gasteiger partial charge is 0.370 e. The van der Waals surface area contributed by atoms with E-state index in [-0.39, 0.29) is 12.3 Å². The number of carbonyl (C=O) groups is 2. The molecule has 0 saturated carbocycles. The molecule has 0 radical (unpaired) electrons. The molecule has 0 aromatic rings. The molecule has 5 heteroatoms. The number of primary amides is 1. The molecule has 1 atom stereocenters. The lowest BCUT2D eigenvalue weighted by atomic mass is 10.1. The zero-order valence-electron chi connectivity index (χ0n) is 13.5. The fraction of sp³-hybridized carbons (Fsp3) is 0.875. The number of amides is 2. The Morgan fingerprint density at radius 2 is 1.38 bits per heavy atom. The smallest absolute Gasteiger partial charge is 0.237 e. The van der Waals surface area contributed by atoms with E-state index >= 15 is 0 Å². The van der Waals surface area contributed by atoms with E-state index in [2.05, 4.69) is 12.2 Å². The first-order valence-electron chi connectivity index (χ1n) is 8.39. The van der Waals surface area contributed by atoms with Crippen LogP contribution in [-0.2, 0) is 9.59 Å². The molecule has 0 bridgehead atoms. The number of nitrogens with two attached hydrogens (primary N) is 2. The van der Waals surface area contributed by atoms with E-state index in [4.69, 9.17) is 11.5 Å². The molecule has 0 aliphatic carbocycles. The molecular formula is C16H33N3O2. The summed E-state index contributed by atoms with van der Waals surface area (Å²) in [4.78, 5) is 22.1. The van der Waals surface area contributed by atoms with Gasteiger partial charge >= 0.3 is 0 Å². The first kappa shape index (κ1) is 19.9. The molecule has 5 N–H and O–H groups in total. The predicted octanol–water partition coefficient (Wildman–Crippen LogP) is 2.23. The second-order valence-corrected chi connectivity index (χ2v) is 5.75. The molecule has 0 fully saturated rings. The first-order valence-corrected chi connectivity index (χ1v) is 8.39. The molecule has 0 rings (SSSR count). The molecule has 0 unspecified atom stereocenters. The van der Waals surface area contributed by atoms with Gasteiger partial charge in [-0.25, -0.2) is 0 Å². The van der Waals surface area contributed by atoms with Gasteiger partial charge in [0.2, 0.25) is 11.8 Å². The molecule has 0 spiro atoms. The molecule has 0 heterocycles. The lowest BCUT2D eigenvalue weighted by Gasteiger charge is -2.10. The highest BCUT2D eigenvalue weighted by Gasteiger charge is 2.14. The number of carbonyl (C=O) groups excluding carboxylic acids is 2. The van der Waals surface area contributed by atoms with Gasteiger partial charge in [-0.15, -0.1) is 0 Å². The topological polar surface area (TPSA) is 98.2 Å². The summed E-state index contributed by atoms with van der Waals surface area (Å²) in [6.45, 7) is 2.86. The minimum Gasteiger partial charge on any atom is -0.370 e. The van der Waals surface area contributed by atoms with Crippen molar-refractivity contribution in [3.05, 3.63) is 0 Å². The number of unbranched alkanes of at least 4 members (excludes halogenated alkanes) is 9. The van der Waals surface area contributed by atoms with Crippen LogP contribution in [0.15, 0.2) is 0 Å². The molecule has 0 aromatic carbocycles. The SMILES string of the molecule is CCCCCCCCCCCCNC(=O)[C@H](N)CC(N)=O. The zero-order valence-corrected chi connectivity index (χ0v) is 13.5. The van der Waals surface area contributed by atoms with Crippen molar-refractivity contribution in [1.82, 2.24) is 5.32 Å². The normalized spacial score (nSPS) is 12.1. The van der Waals surface area contributed by atoms with Gasteiger partial charge < -0.3 is 16.8 Å². The number of hydrogen-bond donors (Lipinski definition) is 3. The summed E-state index contributed by atoms with van der Waals surface area (Å²) in [7, 11) is 0. The molecule has 124 valence electrons. The van der Waals surface area contributed by atoms with Gasteiger partial charge in [-0.05, 0) is 6.42 Å². The van der Waals surface area contributed by atoms with Crippen molar-refractivity contribution in [1.29, 1.82) is 0 Å². The van der Waals surface area contributed by atoms with Crippen LogP contribution in [0.5, 0.6) is 0 Å². The maximum Gasteiger partial charge on any atom is 0.237 e. The Hall–Kier alpha value is -1.10. The molecule has 21 heavy (non-hydrogen) atoms. The van der Waals surface area contributed by atoms with Gasteiger partial charge in [-0.3, -0.25) is 9.59 Å². The van der Waals surface area contributed by atoms with E-state index in [1.807, 2.05) is 0 Å². The predicted molar refractivity (Wildman–Crippen MR) is 86.6 cm³/mol. The number of rotatable bonds is 14. The second-order valence-electron chi connectivity index (χ2n) is 5.75.